The predicted molar refractivity (Wildman–Crippen MR) is 98.7 cm³/mol. The van der Waals surface area contributed by atoms with Gasteiger partial charge in [0.1, 0.15) is 0 Å². The van der Waals surface area contributed by atoms with E-state index in [1.807, 2.05) is 17.0 Å². The highest BCUT2D eigenvalue weighted by Gasteiger charge is 2.23. The Hall–Kier alpha value is -1.27. The van der Waals surface area contributed by atoms with Gasteiger partial charge in [-0.2, -0.15) is 0 Å². The summed E-state index contributed by atoms with van der Waals surface area (Å²) in [6.07, 6.45) is 1.19. The minimum atomic E-state index is -0.0377. The minimum Gasteiger partial charge on any atom is -0.341 e. The molecule has 5 nitrogen and oxygen atoms in total. The highest BCUT2D eigenvalue weighted by atomic mass is 35.5. The largest absolute Gasteiger partial charge is 0.341 e. The van der Waals surface area contributed by atoms with E-state index in [0.717, 1.165) is 11.3 Å². The van der Waals surface area contributed by atoms with Crippen LogP contribution in [-0.2, 0) is 11.2 Å². The Balaban J connectivity index is 1.83. The van der Waals surface area contributed by atoms with Gasteiger partial charge in [-0.25, -0.2) is 4.79 Å². The Morgan fingerprint density at radius 1 is 1.17 bits per heavy atom. The van der Waals surface area contributed by atoms with Crippen LogP contribution in [0.4, 0.5) is 4.79 Å². The van der Waals surface area contributed by atoms with E-state index in [9.17, 15) is 9.59 Å². The fourth-order valence-electron chi connectivity index (χ4n) is 2.53. The minimum absolute atomic E-state index is 0.0377. The van der Waals surface area contributed by atoms with Crippen LogP contribution in [0.5, 0.6) is 0 Å². The van der Waals surface area contributed by atoms with Gasteiger partial charge in [0.15, 0.2) is 0 Å². The Morgan fingerprint density at radius 2 is 1.83 bits per heavy atom. The van der Waals surface area contributed by atoms with Crippen molar-refractivity contribution >= 4 is 34.9 Å². The van der Waals surface area contributed by atoms with Gasteiger partial charge in [0, 0.05) is 37.6 Å². The van der Waals surface area contributed by atoms with E-state index in [1.54, 1.807) is 4.90 Å². The first-order valence-electron chi connectivity index (χ1n) is 8.29. The zero-order chi connectivity index (χ0) is 17.7. The molecule has 0 atom stereocenters. The molecule has 24 heavy (non-hydrogen) atoms. The van der Waals surface area contributed by atoms with E-state index in [-0.39, 0.29) is 17.4 Å². The topological polar surface area (TPSA) is 52.7 Å². The first kappa shape index (κ1) is 19.1. The number of nitrogens with zero attached hydrogens (tertiary/aromatic N) is 2. The number of amides is 3. The number of carbonyl (C=O) groups is 2. The second-order valence-electron chi connectivity index (χ2n) is 7.32. The molecule has 2 rings (SSSR count). The third kappa shape index (κ3) is 5.98. The van der Waals surface area contributed by atoms with E-state index < -0.39 is 0 Å². The standard InChI is InChI=1S/C17H26ClN3O2S/c1-17(2,3)12-19-16(23)21-8-4-7-20(9-10-21)15(22)11-13-5-6-14(18)24-13/h5-6H,4,7-12H2,1-3H3,(H,19,23). The highest BCUT2D eigenvalue weighted by Crippen LogP contribution is 2.22. The molecule has 134 valence electrons. The van der Waals surface area contributed by atoms with Gasteiger partial charge < -0.3 is 15.1 Å². The van der Waals surface area contributed by atoms with Crippen LogP contribution < -0.4 is 5.32 Å². The van der Waals surface area contributed by atoms with E-state index in [1.165, 1.54) is 11.3 Å². The maximum Gasteiger partial charge on any atom is 0.317 e. The number of carbonyl (C=O) groups excluding carboxylic acids is 2. The number of hydrogen-bond acceptors (Lipinski definition) is 3. The molecule has 0 radical (unpaired) electrons. The van der Waals surface area contributed by atoms with Gasteiger partial charge in [0.25, 0.3) is 0 Å². The molecule has 0 aromatic carbocycles. The van der Waals surface area contributed by atoms with Crippen molar-refractivity contribution in [3.05, 3.63) is 21.3 Å². The van der Waals surface area contributed by atoms with Gasteiger partial charge >= 0.3 is 6.03 Å². The summed E-state index contributed by atoms with van der Waals surface area (Å²) >= 11 is 7.36. The summed E-state index contributed by atoms with van der Waals surface area (Å²) < 4.78 is 0.704. The van der Waals surface area contributed by atoms with Crippen molar-refractivity contribution in [3.8, 4) is 0 Å². The fraction of sp³-hybridized carbons (Fsp3) is 0.647. The maximum absolute atomic E-state index is 12.4. The average molecular weight is 372 g/mol. The van der Waals surface area contributed by atoms with Crippen LogP contribution >= 0.6 is 22.9 Å². The first-order chi connectivity index (χ1) is 11.2. The summed E-state index contributed by atoms with van der Waals surface area (Å²) in [5, 5.41) is 2.98. The second kappa shape index (κ2) is 8.21. The van der Waals surface area contributed by atoms with Crippen molar-refractivity contribution in [2.45, 2.75) is 33.6 Å². The molecule has 1 aliphatic rings. The first-order valence-corrected chi connectivity index (χ1v) is 9.49. The van der Waals surface area contributed by atoms with Gasteiger partial charge in [-0.1, -0.05) is 32.4 Å². The molecule has 7 heteroatoms. The number of nitrogens with one attached hydrogen (secondary N) is 1. The normalized spacial score (nSPS) is 16.0. The fourth-order valence-corrected chi connectivity index (χ4v) is 3.61. The number of thiophene rings is 1. The van der Waals surface area contributed by atoms with E-state index in [4.69, 9.17) is 11.6 Å². The zero-order valence-corrected chi connectivity index (χ0v) is 16.2. The maximum atomic E-state index is 12.4. The third-order valence-electron chi connectivity index (χ3n) is 3.86. The summed E-state index contributed by atoms with van der Waals surface area (Å²) in [6, 6.07) is 3.68. The zero-order valence-electron chi connectivity index (χ0n) is 14.6. The van der Waals surface area contributed by atoms with Crippen molar-refractivity contribution in [3.63, 3.8) is 0 Å². The van der Waals surface area contributed by atoms with Crippen LogP contribution in [0.25, 0.3) is 0 Å². The van der Waals surface area contributed by atoms with E-state index in [2.05, 4.69) is 26.1 Å². The second-order valence-corrected chi connectivity index (χ2v) is 9.12. The highest BCUT2D eigenvalue weighted by molar-refractivity contribution is 7.16. The van der Waals surface area contributed by atoms with Gasteiger partial charge in [-0.15, -0.1) is 11.3 Å². The molecule has 0 unspecified atom stereocenters. The molecule has 3 amide bonds. The molecule has 2 heterocycles. The Labute approximate surface area is 153 Å². The van der Waals surface area contributed by atoms with Crippen molar-refractivity contribution in [1.29, 1.82) is 0 Å². The molecule has 1 saturated heterocycles. The van der Waals surface area contributed by atoms with Crippen molar-refractivity contribution in [2.75, 3.05) is 32.7 Å². The summed E-state index contributed by atoms with van der Waals surface area (Å²) in [7, 11) is 0. The molecule has 1 aromatic heterocycles. The molecule has 0 aliphatic carbocycles. The van der Waals surface area contributed by atoms with Gasteiger partial charge in [0.05, 0.1) is 10.8 Å². The van der Waals surface area contributed by atoms with Crippen LogP contribution in [0, 0.1) is 5.41 Å². The van der Waals surface area contributed by atoms with Gasteiger partial charge in [-0.05, 0) is 24.0 Å². The average Bonchev–Trinajstić information content (AvgIpc) is 2.76. The Morgan fingerprint density at radius 3 is 2.46 bits per heavy atom. The molecule has 1 N–H and O–H groups in total. The van der Waals surface area contributed by atoms with Gasteiger partial charge in [0.2, 0.25) is 5.91 Å². The van der Waals surface area contributed by atoms with Crippen LogP contribution in [0.2, 0.25) is 4.34 Å². The molecule has 0 spiro atoms. The molecular weight excluding hydrogens is 346 g/mol. The van der Waals surface area contributed by atoms with Crippen LogP contribution in [-0.4, -0.2) is 54.5 Å². The predicted octanol–water partition coefficient (Wildman–Crippen LogP) is 3.23. The molecule has 0 saturated carbocycles. The number of halogens is 1. The lowest BCUT2D eigenvalue weighted by molar-refractivity contribution is -0.130. The number of hydrogen-bond donors (Lipinski definition) is 1. The molecule has 1 aromatic rings. The van der Waals surface area contributed by atoms with Gasteiger partial charge in [-0.3, -0.25) is 4.79 Å². The van der Waals surface area contributed by atoms with Crippen molar-refractivity contribution in [2.24, 2.45) is 5.41 Å². The SMILES string of the molecule is CC(C)(C)CNC(=O)N1CCCN(C(=O)Cc2ccc(Cl)s2)CC1. The monoisotopic (exact) mass is 371 g/mol. The molecule has 1 fully saturated rings. The number of urea groups is 1. The van der Waals surface area contributed by atoms with Crippen molar-refractivity contribution in [1.82, 2.24) is 15.1 Å². The molecule has 0 bridgehead atoms. The Kier molecular flexibility index (Phi) is 6.52. The summed E-state index contributed by atoms with van der Waals surface area (Å²) in [4.78, 5) is 29.3. The Bertz CT molecular complexity index is 583. The summed E-state index contributed by atoms with van der Waals surface area (Å²) in [5.74, 6) is 0.102. The van der Waals surface area contributed by atoms with E-state index in [0.29, 0.717) is 43.5 Å². The molecule has 1 aliphatic heterocycles. The van der Waals surface area contributed by atoms with Crippen LogP contribution in [0.3, 0.4) is 0 Å². The molecular formula is C17H26ClN3O2S. The smallest absolute Gasteiger partial charge is 0.317 e. The summed E-state index contributed by atoms with van der Waals surface area (Å²) in [5.41, 5.74) is 0.0610. The number of rotatable bonds is 3. The van der Waals surface area contributed by atoms with Crippen LogP contribution in [0.15, 0.2) is 12.1 Å². The lowest BCUT2D eigenvalue weighted by atomic mass is 9.97. The summed E-state index contributed by atoms with van der Waals surface area (Å²) in [6.45, 7) is 9.45. The van der Waals surface area contributed by atoms with Crippen LogP contribution in [0.1, 0.15) is 32.1 Å². The lowest BCUT2D eigenvalue weighted by Crippen LogP contribution is -2.45. The third-order valence-corrected chi connectivity index (χ3v) is 5.09. The van der Waals surface area contributed by atoms with Crippen molar-refractivity contribution < 1.29 is 9.59 Å². The van der Waals surface area contributed by atoms with E-state index >= 15 is 0 Å². The lowest BCUT2D eigenvalue weighted by Gasteiger charge is -2.25. The quantitative estimate of drug-likeness (QED) is 0.886.